The summed E-state index contributed by atoms with van der Waals surface area (Å²) in [6.45, 7) is 2.50. The van der Waals surface area contributed by atoms with Crippen molar-refractivity contribution in [3.63, 3.8) is 0 Å². The third-order valence-corrected chi connectivity index (χ3v) is 7.17. The molecular formula is C18H20F3N5O5S2. The normalized spacial score (nSPS) is 12.9. The third-order valence-electron chi connectivity index (χ3n) is 4.82. The average Bonchev–Trinajstić information content (AvgIpc) is 3.02. The van der Waals surface area contributed by atoms with E-state index in [0.29, 0.717) is 4.57 Å². The zero-order valence-corrected chi connectivity index (χ0v) is 19.6. The van der Waals surface area contributed by atoms with Gasteiger partial charge in [0.15, 0.2) is 15.7 Å². The number of alkyl halides is 3. The van der Waals surface area contributed by atoms with E-state index in [1.165, 1.54) is 25.5 Å². The molecule has 3 aromatic heterocycles. The minimum atomic E-state index is -4.81. The lowest BCUT2D eigenvalue weighted by Gasteiger charge is -2.14. The van der Waals surface area contributed by atoms with Crippen LogP contribution >= 0.6 is 0 Å². The van der Waals surface area contributed by atoms with Crippen molar-refractivity contribution in [1.29, 1.82) is 0 Å². The number of hydrogen-bond acceptors (Lipinski definition) is 7. The van der Waals surface area contributed by atoms with Crippen molar-refractivity contribution < 1.29 is 30.0 Å². The van der Waals surface area contributed by atoms with Gasteiger partial charge in [-0.25, -0.2) is 26.8 Å². The highest BCUT2D eigenvalue weighted by Gasteiger charge is 2.36. The number of nitrogens with one attached hydrogen (secondary N) is 1. The molecule has 0 aromatic carbocycles. The van der Waals surface area contributed by atoms with E-state index in [1.54, 1.807) is 0 Å². The summed E-state index contributed by atoms with van der Waals surface area (Å²) in [7, 11) is -6.37. The number of aryl methyl sites for hydroxylation is 1. The van der Waals surface area contributed by atoms with Crippen LogP contribution in [0.15, 0.2) is 28.0 Å². The van der Waals surface area contributed by atoms with Crippen molar-refractivity contribution in [3.8, 4) is 11.5 Å². The Labute approximate surface area is 187 Å². The molecule has 0 aliphatic heterocycles. The molecule has 0 amide bonds. The van der Waals surface area contributed by atoms with E-state index in [9.17, 15) is 34.8 Å². The van der Waals surface area contributed by atoms with Gasteiger partial charge < -0.3 is 9.13 Å². The summed E-state index contributed by atoms with van der Waals surface area (Å²) in [5.41, 5.74) is -2.94. The topological polar surface area (TPSA) is 133 Å². The van der Waals surface area contributed by atoms with Crippen LogP contribution in [0.25, 0.3) is 22.6 Å². The van der Waals surface area contributed by atoms with Gasteiger partial charge in [-0.3, -0.25) is 9.52 Å². The van der Waals surface area contributed by atoms with Crippen molar-refractivity contribution in [1.82, 2.24) is 19.1 Å². The maximum atomic E-state index is 13.5. The van der Waals surface area contributed by atoms with Gasteiger partial charge in [-0.15, -0.1) is 0 Å². The number of anilines is 1. The van der Waals surface area contributed by atoms with Crippen molar-refractivity contribution in [2.45, 2.75) is 31.5 Å². The van der Waals surface area contributed by atoms with Crippen LogP contribution < -0.4 is 10.3 Å². The molecule has 0 unspecified atom stereocenters. The van der Waals surface area contributed by atoms with Crippen molar-refractivity contribution >= 4 is 36.6 Å². The highest BCUT2D eigenvalue weighted by molar-refractivity contribution is 7.92. The van der Waals surface area contributed by atoms with Crippen molar-refractivity contribution in [2.75, 3.05) is 16.7 Å². The summed E-state index contributed by atoms with van der Waals surface area (Å²) < 4.78 is 92.8. The summed E-state index contributed by atoms with van der Waals surface area (Å²) >= 11 is 0. The number of imidazole rings is 1. The number of fused-ring (bicyclic) bond motifs is 1. The number of sulfone groups is 1. The second-order valence-electron chi connectivity index (χ2n) is 7.15. The molecule has 10 nitrogen and oxygen atoms in total. The number of halogens is 3. The molecule has 15 heteroatoms. The second-order valence-corrected chi connectivity index (χ2v) is 11.1. The van der Waals surface area contributed by atoms with E-state index < -0.39 is 37.3 Å². The Bertz CT molecular complexity index is 1520. The summed E-state index contributed by atoms with van der Waals surface area (Å²) in [4.78, 5) is 20.6. The minimum Gasteiger partial charge on any atom is -0.321 e. The zero-order chi connectivity index (χ0) is 24.9. The molecule has 0 spiro atoms. The molecule has 0 aliphatic carbocycles. The van der Waals surface area contributed by atoms with Gasteiger partial charge in [-0.05, 0) is 19.1 Å². The molecule has 180 valence electrons. The number of aromatic nitrogens is 4. The van der Waals surface area contributed by atoms with Gasteiger partial charge in [0, 0.05) is 13.6 Å². The Kier molecular flexibility index (Phi) is 6.08. The van der Waals surface area contributed by atoms with Crippen LogP contribution in [0, 0.1) is 0 Å². The van der Waals surface area contributed by atoms with E-state index in [4.69, 9.17) is 0 Å². The number of nitrogens with zero attached hydrogens (tertiary/aromatic N) is 4. The molecule has 3 aromatic rings. The lowest BCUT2D eigenvalue weighted by molar-refractivity contribution is -0.144. The standard InChI is InChI=1S/C18H20F3N5O5S2/c1-5-26-13(18(19,20)21)8-11-15(17(26)27)25(3)16(23-11)14-12(33(30,31)6-2)7-10(9-22-14)24-32(4,28)29/h7-9,24H,5-6H2,1-4H3. The van der Waals surface area contributed by atoms with Gasteiger partial charge in [-0.1, -0.05) is 6.92 Å². The molecule has 3 rings (SSSR count). The number of hydrogen-bond donors (Lipinski definition) is 1. The van der Waals surface area contributed by atoms with Gasteiger partial charge in [0.1, 0.15) is 16.9 Å². The minimum absolute atomic E-state index is 0.125. The summed E-state index contributed by atoms with van der Waals surface area (Å²) in [5.74, 6) is -0.531. The fourth-order valence-corrected chi connectivity index (χ4v) is 4.95. The van der Waals surface area contributed by atoms with Gasteiger partial charge in [-0.2, -0.15) is 13.2 Å². The lowest BCUT2D eigenvalue weighted by Crippen LogP contribution is -2.28. The summed E-state index contributed by atoms with van der Waals surface area (Å²) in [5, 5.41) is 0. The Hall–Kier alpha value is -2.94. The molecular weight excluding hydrogens is 487 g/mol. The van der Waals surface area contributed by atoms with Crippen LogP contribution in [-0.4, -0.2) is 47.9 Å². The van der Waals surface area contributed by atoms with Crippen molar-refractivity contribution in [2.24, 2.45) is 7.05 Å². The first-order valence-electron chi connectivity index (χ1n) is 9.49. The molecule has 0 fully saturated rings. The maximum absolute atomic E-state index is 13.5. The zero-order valence-electron chi connectivity index (χ0n) is 17.9. The Morgan fingerprint density at radius 1 is 1.12 bits per heavy atom. The molecule has 1 N–H and O–H groups in total. The van der Waals surface area contributed by atoms with Crippen LogP contribution in [0.1, 0.15) is 19.5 Å². The van der Waals surface area contributed by atoms with Gasteiger partial charge >= 0.3 is 6.18 Å². The maximum Gasteiger partial charge on any atom is 0.431 e. The molecule has 0 aliphatic rings. The van der Waals surface area contributed by atoms with E-state index in [0.717, 1.165) is 24.6 Å². The van der Waals surface area contributed by atoms with Crippen molar-refractivity contribution in [3.05, 3.63) is 34.4 Å². The Morgan fingerprint density at radius 3 is 2.27 bits per heavy atom. The number of sulfonamides is 1. The first-order valence-corrected chi connectivity index (χ1v) is 13.0. The van der Waals surface area contributed by atoms with Crippen LogP contribution in [0.4, 0.5) is 18.9 Å². The summed E-state index contributed by atoms with van der Waals surface area (Å²) in [6.07, 6.45) is -2.89. The molecule has 0 atom stereocenters. The van der Waals surface area contributed by atoms with E-state index >= 15 is 0 Å². The largest absolute Gasteiger partial charge is 0.431 e. The van der Waals surface area contributed by atoms with Crippen LogP contribution in [-0.2, 0) is 39.6 Å². The molecule has 3 heterocycles. The van der Waals surface area contributed by atoms with Crippen LogP contribution in [0.5, 0.6) is 0 Å². The fourth-order valence-electron chi connectivity index (χ4n) is 3.35. The second kappa shape index (κ2) is 8.13. The average molecular weight is 508 g/mol. The SMILES string of the molecule is CCn1c(C(F)(F)F)cc2nc(-c3ncc(NS(C)(=O)=O)cc3S(=O)(=O)CC)n(C)c2c1=O. The quantitative estimate of drug-likeness (QED) is 0.540. The molecule has 33 heavy (non-hydrogen) atoms. The predicted octanol–water partition coefficient (Wildman–Crippen LogP) is 2.00. The smallest absolute Gasteiger partial charge is 0.321 e. The first kappa shape index (κ1) is 24.7. The summed E-state index contributed by atoms with van der Waals surface area (Å²) in [6, 6.07) is 1.77. The van der Waals surface area contributed by atoms with Gasteiger partial charge in [0.05, 0.1) is 34.3 Å². The number of pyridine rings is 2. The first-order chi connectivity index (χ1) is 15.1. The van der Waals surface area contributed by atoms with Gasteiger partial charge in [0.25, 0.3) is 5.56 Å². The Balaban J connectivity index is 2.38. The third kappa shape index (κ3) is 4.59. The molecule has 0 bridgehead atoms. The molecule has 0 saturated carbocycles. The molecule has 0 radical (unpaired) electrons. The van der Waals surface area contributed by atoms with E-state index in [1.807, 2.05) is 0 Å². The fraction of sp³-hybridized carbons (Fsp3) is 0.389. The number of rotatable bonds is 6. The highest BCUT2D eigenvalue weighted by atomic mass is 32.2. The monoisotopic (exact) mass is 507 g/mol. The predicted molar refractivity (Wildman–Crippen MR) is 115 cm³/mol. The molecule has 0 saturated heterocycles. The van der Waals surface area contributed by atoms with Crippen LogP contribution in [0.2, 0.25) is 0 Å². The van der Waals surface area contributed by atoms with E-state index in [-0.39, 0.29) is 45.4 Å². The Morgan fingerprint density at radius 2 is 1.76 bits per heavy atom. The van der Waals surface area contributed by atoms with Crippen LogP contribution in [0.3, 0.4) is 0 Å². The highest BCUT2D eigenvalue weighted by Crippen LogP contribution is 2.33. The lowest BCUT2D eigenvalue weighted by atomic mass is 10.3. The van der Waals surface area contributed by atoms with Gasteiger partial charge in [0.2, 0.25) is 10.0 Å². The van der Waals surface area contributed by atoms with E-state index in [2.05, 4.69) is 14.7 Å².